The normalized spacial score (nSPS) is 10.7. The van der Waals surface area contributed by atoms with Crippen molar-refractivity contribution in [1.29, 1.82) is 0 Å². The first-order valence-corrected chi connectivity index (χ1v) is 6.70. The largest absolute Gasteiger partial charge is 0.370 e. The van der Waals surface area contributed by atoms with Crippen molar-refractivity contribution >= 4 is 22.4 Å². The van der Waals surface area contributed by atoms with Crippen molar-refractivity contribution in [2.24, 2.45) is 0 Å². The van der Waals surface area contributed by atoms with E-state index in [1.165, 1.54) is 12.1 Å². The van der Waals surface area contributed by atoms with E-state index < -0.39 is 4.92 Å². The van der Waals surface area contributed by atoms with Gasteiger partial charge in [0.2, 0.25) is 0 Å². The van der Waals surface area contributed by atoms with E-state index in [1.54, 1.807) is 6.07 Å². The van der Waals surface area contributed by atoms with Gasteiger partial charge in [0.15, 0.2) is 0 Å². The third kappa shape index (κ3) is 3.64. The number of aromatic nitrogens is 1. The Morgan fingerprint density at radius 1 is 1.25 bits per heavy atom. The lowest BCUT2D eigenvalue weighted by molar-refractivity contribution is -0.384. The molecule has 20 heavy (non-hydrogen) atoms. The minimum atomic E-state index is -0.396. The van der Waals surface area contributed by atoms with Crippen LogP contribution in [0.15, 0.2) is 30.3 Å². The molecule has 0 aliphatic heterocycles. The Morgan fingerprint density at radius 2 is 2.10 bits per heavy atom. The lowest BCUT2D eigenvalue weighted by Gasteiger charge is -2.07. The molecule has 1 aromatic carbocycles. The smallest absolute Gasteiger partial charge is 0.270 e. The molecule has 2 rings (SSSR count). The zero-order chi connectivity index (χ0) is 14.4. The van der Waals surface area contributed by atoms with Crippen molar-refractivity contribution in [2.75, 3.05) is 25.0 Å². The predicted molar refractivity (Wildman–Crippen MR) is 80.0 cm³/mol. The van der Waals surface area contributed by atoms with Gasteiger partial charge < -0.3 is 10.6 Å². The first kappa shape index (κ1) is 14.2. The molecule has 0 atom stereocenters. The van der Waals surface area contributed by atoms with Gasteiger partial charge >= 0.3 is 0 Å². The minimum Gasteiger partial charge on any atom is -0.370 e. The Balaban J connectivity index is 2.02. The summed E-state index contributed by atoms with van der Waals surface area (Å²) < 4.78 is 0. The van der Waals surface area contributed by atoms with Crippen molar-refractivity contribution in [1.82, 2.24) is 10.3 Å². The number of non-ortho nitro benzene ring substituents is 1. The molecule has 1 heterocycles. The van der Waals surface area contributed by atoms with Gasteiger partial charge in [0.05, 0.1) is 10.4 Å². The molecule has 2 N–H and O–H groups in total. The van der Waals surface area contributed by atoms with Gasteiger partial charge in [-0.1, -0.05) is 6.92 Å². The lowest BCUT2D eigenvalue weighted by Crippen LogP contribution is -2.17. The maximum Gasteiger partial charge on any atom is 0.270 e. The summed E-state index contributed by atoms with van der Waals surface area (Å²) in [7, 11) is 0. The summed E-state index contributed by atoms with van der Waals surface area (Å²) in [5, 5.41) is 18.0. The van der Waals surface area contributed by atoms with Crippen LogP contribution in [0.25, 0.3) is 10.9 Å². The van der Waals surface area contributed by atoms with Crippen LogP contribution in [0.3, 0.4) is 0 Å². The standard InChI is InChI=1S/C14H18N4O2/c1-2-15-8-3-9-16-14-7-4-11-10-12(18(19)20)5-6-13(11)17-14/h4-7,10,15H,2-3,8-9H2,1H3,(H,16,17). The maximum absolute atomic E-state index is 10.7. The highest BCUT2D eigenvalue weighted by atomic mass is 16.6. The second kappa shape index (κ2) is 6.81. The average molecular weight is 274 g/mol. The number of nitro groups is 1. The molecule has 0 aliphatic rings. The van der Waals surface area contributed by atoms with Crippen LogP contribution < -0.4 is 10.6 Å². The van der Waals surface area contributed by atoms with Crippen molar-refractivity contribution in [2.45, 2.75) is 13.3 Å². The topological polar surface area (TPSA) is 80.1 Å². The molecule has 0 aliphatic carbocycles. The number of rotatable bonds is 7. The molecule has 6 heteroatoms. The van der Waals surface area contributed by atoms with Gasteiger partial charge in [-0.15, -0.1) is 0 Å². The average Bonchev–Trinajstić information content (AvgIpc) is 2.46. The summed E-state index contributed by atoms with van der Waals surface area (Å²) in [5.41, 5.74) is 0.845. The number of pyridine rings is 1. The van der Waals surface area contributed by atoms with E-state index in [-0.39, 0.29) is 5.69 Å². The summed E-state index contributed by atoms with van der Waals surface area (Å²) in [5.74, 6) is 0.794. The van der Waals surface area contributed by atoms with Crippen LogP contribution in [0.2, 0.25) is 0 Å². The summed E-state index contributed by atoms with van der Waals surface area (Å²) in [4.78, 5) is 14.7. The van der Waals surface area contributed by atoms with E-state index in [4.69, 9.17) is 0 Å². The third-order valence-electron chi connectivity index (χ3n) is 2.97. The second-order valence-electron chi connectivity index (χ2n) is 4.46. The van der Waals surface area contributed by atoms with Crippen LogP contribution in [0, 0.1) is 10.1 Å². The van der Waals surface area contributed by atoms with Gasteiger partial charge in [0.1, 0.15) is 5.82 Å². The van der Waals surface area contributed by atoms with Gasteiger partial charge in [0, 0.05) is 24.1 Å². The molecule has 0 radical (unpaired) electrons. The summed E-state index contributed by atoms with van der Waals surface area (Å²) in [6.07, 6.45) is 1.02. The maximum atomic E-state index is 10.7. The molecule has 106 valence electrons. The second-order valence-corrected chi connectivity index (χ2v) is 4.46. The van der Waals surface area contributed by atoms with Gasteiger partial charge in [-0.3, -0.25) is 10.1 Å². The molecule has 2 aromatic rings. The van der Waals surface area contributed by atoms with E-state index in [0.717, 1.165) is 42.8 Å². The lowest BCUT2D eigenvalue weighted by atomic mass is 10.2. The van der Waals surface area contributed by atoms with Crippen LogP contribution in [-0.4, -0.2) is 29.5 Å². The van der Waals surface area contributed by atoms with Gasteiger partial charge in [-0.25, -0.2) is 4.98 Å². The molecule has 0 amide bonds. The molecule has 0 saturated carbocycles. The Kier molecular flexibility index (Phi) is 4.84. The van der Waals surface area contributed by atoms with E-state index in [0.29, 0.717) is 0 Å². The molecular weight excluding hydrogens is 256 g/mol. The number of hydrogen-bond donors (Lipinski definition) is 2. The predicted octanol–water partition coefficient (Wildman–Crippen LogP) is 2.55. The van der Waals surface area contributed by atoms with E-state index >= 15 is 0 Å². The van der Waals surface area contributed by atoms with E-state index in [9.17, 15) is 10.1 Å². The van der Waals surface area contributed by atoms with Gasteiger partial charge in [-0.05, 0) is 37.7 Å². The zero-order valence-electron chi connectivity index (χ0n) is 11.4. The third-order valence-corrected chi connectivity index (χ3v) is 2.97. The highest BCUT2D eigenvalue weighted by Gasteiger charge is 2.06. The quantitative estimate of drug-likeness (QED) is 0.461. The number of anilines is 1. The molecule has 0 bridgehead atoms. The molecule has 0 saturated heterocycles. The monoisotopic (exact) mass is 274 g/mol. The van der Waals surface area contributed by atoms with E-state index in [2.05, 4.69) is 22.5 Å². The molecule has 1 aromatic heterocycles. The fourth-order valence-corrected chi connectivity index (χ4v) is 1.93. The number of nitro benzene ring substituents is 1. The first-order chi connectivity index (χ1) is 9.70. The molecule has 0 spiro atoms. The Morgan fingerprint density at radius 3 is 2.85 bits per heavy atom. The minimum absolute atomic E-state index is 0.0886. The fraction of sp³-hybridized carbons (Fsp3) is 0.357. The SMILES string of the molecule is CCNCCCNc1ccc2cc([N+](=O)[O-])ccc2n1. The highest BCUT2D eigenvalue weighted by Crippen LogP contribution is 2.20. The summed E-state index contributed by atoms with van der Waals surface area (Å²) in [6, 6.07) is 8.39. The van der Waals surface area contributed by atoms with Crippen LogP contribution in [-0.2, 0) is 0 Å². The van der Waals surface area contributed by atoms with Gasteiger partial charge in [-0.2, -0.15) is 0 Å². The fourth-order valence-electron chi connectivity index (χ4n) is 1.93. The van der Waals surface area contributed by atoms with Crippen molar-refractivity contribution in [3.8, 4) is 0 Å². The molecule has 0 fully saturated rings. The Hall–Kier alpha value is -2.21. The Labute approximate surface area is 117 Å². The molecule has 0 unspecified atom stereocenters. The summed E-state index contributed by atoms with van der Waals surface area (Å²) >= 11 is 0. The number of fused-ring (bicyclic) bond motifs is 1. The number of nitrogens with zero attached hydrogens (tertiary/aromatic N) is 2. The van der Waals surface area contributed by atoms with Crippen LogP contribution in [0.5, 0.6) is 0 Å². The van der Waals surface area contributed by atoms with Crippen LogP contribution >= 0.6 is 0 Å². The number of benzene rings is 1. The van der Waals surface area contributed by atoms with Crippen LogP contribution in [0.4, 0.5) is 11.5 Å². The van der Waals surface area contributed by atoms with E-state index in [1.807, 2.05) is 12.1 Å². The van der Waals surface area contributed by atoms with Crippen molar-refractivity contribution < 1.29 is 4.92 Å². The zero-order valence-corrected chi connectivity index (χ0v) is 11.4. The van der Waals surface area contributed by atoms with Crippen LogP contribution in [0.1, 0.15) is 13.3 Å². The number of hydrogen-bond acceptors (Lipinski definition) is 5. The first-order valence-electron chi connectivity index (χ1n) is 6.70. The Bertz CT molecular complexity index is 601. The van der Waals surface area contributed by atoms with Crippen molar-refractivity contribution in [3.05, 3.63) is 40.4 Å². The molecule has 6 nitrogen and oxygen atoms in total. The molecular formula is C14H18N4O2. The number of nitrogens with one attached hydrogen (secondary N) is 2. The van der Waals surface area contributed by atoms with Gasteiger partial charge in [0.25, 0.3) is 5.69 Å². The summed E-state index contributed by atoms with van der Waals surface area (Å²) in [6.45, 7) is 4.88. The van der Waals surface area contributed by atoms with Crippen molar-refractivity contribution in [3.63, 3.8) is 0 Å². The highest BCUT2D eigenvalue weighted by molar-refractivity contribution is 5.82.